The highest BCUT2D eigenvalue weighted by atomic mass is 35.5. The zero-order valence-electron chi connectivity index (χ0n) is 13.0. The fraction of sp³-hybridized carbons (Fsp3) is 0.111. The molecule has 3 rings (SSSR count). The van der Waals surface area contributed by atoms with Crippen molar-refractivity contribution in [1.82, 2.24) is 14.5 Å². The summed E-state index contributed by atoms with van der Waals surface area (Å²) in [5, 5.41) is 0.258. The van der Waals surface area contributed by atoms with Crippen LogP contribution in [0.1, 0.15) is 29.2 Å². The van der Waals surface area contributed by atoms with Crippen LogP contribution in [0, 0.1) is 24.6 Å². The van der Waals surface area contributed by atoms with E-state index in [1.807, 2.05) is 0 Å². The first kappa shape index (κ1) is 17.1. The molecule has 0 spiro atoms. The summed E-state index contributed by atoms with van der Waals surface area (Å²) < 4.78 is 41.6. The Hall–Kier alpha value is -2.78. The highest BCUT2D eigenvalue weighted by molar-refractivity contribution is 6.29. The monoisotopic (exact) mass is 361 g/mol. The molecule has 126 valence electrons. The number of benzene rings is 1. The Labute approximate surface area is 147 Å². The summed E-state index contributed by atoms with van der Waals surface area (Å²) >= 11 is 5.78. The molecule has 7 heteroatoms. The first-order valence-corrected chi connectivity index (χ1v) is 7.60. The van der Waals surface area contributed by atoms with Gasteiger partial charge in [0.25, 0.3) is 6.43 Å². The lowest BCUT2D eigenvalue weighted by atomic mass is 10.2. The van der Waals surface area contributed by atoms with Crippen LogP contribution in [0.2, 0.25) is 5.15 Å². The van der Waals surface area contributed by atoms with Gasteiger partial charge in [0.15, 0.2) is 0 Å². The first-order valence-electron chi connectivity index (χ1n) is 7.22. The van der Waals surface area contributed by atoms with Gasteiger partial charge in [-0.1, -0.05) is 17.5 Å². The largest absolute Gasteiger partial charge is 0.294 e. The van der Waals surface area contributed by atoms with Gasteiger partial charge in [0, 0.05) is 17.4 Å². The quantitative estimate of drug-likeness (QED) is 0.489. The van der Waals surface area contributed by atoms with Gasteiger partial charge in [-0.15, -0.1) is 0 Å². The average Bonchev–Trinajstić information content (AvgIpc) is 2.90. The van der Waals surface area contributed by atoms with Gasteiger partial charge in [0.05, 0.1) is 0 Å². The minimum absolute atomic E-state index is 0.0373. The van der Waals surface area contributed by atoms with Crippen LogP contribution in [-0.4, -0.2) is 14.5 Å². The minimum atomic E-state index is -2.79. The summed E-state index contributed by atoms with van der Waals surface area (Å²) in [6, 6.07) is 8.37. The van der Waals surface area contributed by atoms with Crippen molar-refractivity contribution in [2.75, 3.05) is 0 Å². The molecule has 1 aromatic carbocycles. The van der Waals surface area contributed by atoms with E-state index in [1.54, 1.807) is 13.0 Å². The Balaban J connectivity index is 2.10. The fourth-order valence-corrected chi connectivity index (χ4v) is 2.54. The molecule has 0 aliphatic heterocycles. The van der Waals surface area contributed by atoms with Crippen molar-refractivity contribution in [3.05, 3.63) is 76.3 Å². The normalized spacial score (nSPS) is 10.6. The van der Waals surface area contributed by atoms with Crippen molar-refractivity contribution in [3.8, 4) is 17.5 Å². The van der Waals surface area contributed by atoms with Crippen LogP contribution in [0.5, 0.6) is 0 Å². The van der Waals surface area contributed by atoms with E-state index in [4.69, 9.17) is 11.6 Å². The van der Waals surface area contributed by atoms with Gasteiger partial charge in [-0.25, -0.2) is 23.1 Å². The van der Waals surface area contributed by atoms with E-state index < -0.39 is 12.2 Å². The zero-order chi connectivity index (χ0) is 18.0. The second kappa shape index (κ2) is 6.99. The Morgan fingerprint density at radius 1 is 1.12 bits per heavy atom. The highest BCUT2D eigenvalue weighted by Gasteiger charge is 2.22. The third-order valence-electron chi connectivity index (χ3n) is 3.42. The van der Waals surface area contributed by atoms with E-state index in [-0.39, 0.29) is 16.5 Å². The number of hydrogen-bond acceptors (Lipinski definition) is 2. The van der Waals surface area contributed by atoms with E-state index in [9.17, 15) is 13.2 Å². The first-order chi connectivity index (χ1) is 12.0. The summed E-state index contributed by atoms with van der Waals surface area (Å²) in [5.74, 6) is 5.30. The van der Waals surface area contributed by atoms with E-state index in [0.717, 1.165) is 0 Å². The number of nitrogens with zero attached hydrogens (tertiary/aromatic N) is 3. The molecule has 0 saturated carbocycles. The molecular weight excluding hydrogens is 351 g/mol. The molecule has 2 aromatic heterocycles. The Kier molecular flexibility index (Phi) is 4.77. The number of halogens is 4. The van der Waals surface area contributed by atoms with Crippen molar-refractivity contribution in [2.24, 2.45) is 0 Å². The second-order valence-corrected chi connectivity index (χ2v) is 5.51. The molecule has 0 saturated heterocycles. The molecule has 25 heavy (non-hydrogen) atoms. The van der Waals surface area contributed by atoms with Crippen molar-refractivity contribution in [2.45, 2.75) is 13.3 Å². The van der Waals surface area contributed by atoms with Gasteiger partial charge < -0.3 is 0 Å². The Bertz CT molecular complexity index is 969. The third-order valence-corrected chi connectivity index (χ3v) is 3.63. The Morgan fingerprint density at radius 2 is 1.84 bits per heavy atom. The SMILES string of the molecule is Cc1nc(C#Cc2ccnc(Cl)c2)c(C(F)F)n1-c1ccc(F)cc1. The second-order valence-electron chi connectivity index (χ2n) is 5.12. The molecule has 0 aliphatic carbocycles. The molecule has 0 bridgehead atoms. The molecule has 3 nitrogen and oxygen atoms in total. The van der Waals surface area contributed by atoms with Crippen molar-refractivity contribution >= 4 is 11.6 Å². The molecular formula is C18H11ClF3N3. The van der Waals surface area contributed by atoms with E-state index in [2.05, 4.69) is 21.8 Å². The average molecular weight is 362 g/mol. The molecule has 0 atom stereocenters. The van der Waals surface area contributed by atoms with Crippen molar-refractivity contribution < 1.29 is 13.2 Å². The molecule has 0 aliphatic rings. The summed E-state index contributed by atoms with van der Waals surface area (Å²) in [5.41, 5.74) is 0.553. The predicted molar refractivity (Wildman–Crippen MR) is 88.4 cm³/mol. The van der Waals surface area contributed by atoms with Gasteiger partial charge in [-0.3, -0.25) is 4.57 Å². The lowest BCUT2D eigenvalue weighted by Gasteiger charge is -2.09. The standard InChI is InChI=1S/C18H11ClF3N3/c1-11-24-15(7-2-12-8-9-23-16(19)10-12)17(18(21)22)25(11)14-5-3-13(20)4-6-14/h3-6,8-10,18H,1H3. The van der Waals surface area contributed by atoms with Crippen LogP contribution in [0.15, 0.2) is 42.6 Å². The summed E-state index contributed by atoms with van der Waals surface area (Å²) in [6.07, 6.45) is -1.32. The number of imidazole rings is 1. The number of hydrogen-bond donors (Lipinski definition) is 0. The topological polar surface area (TPSA) is 30.7 Å². The predicted octanol–water partition coefficient (Wildman–Crippen LogP) is 4.71. The maximum atomic E-state index is 13.6. The van der Waals surface area contributed by atoms with Gasteiger partial charge in [0.1, 0.15) is 28.2 Å². The summed E-state index contributed by atoms with van der Waals surface area (Å²) in [6.45, 7) is 1.59. The van der Waals surface area contributed by atoms with E-state index >= 15 is 0 Å². The lowest BCUT2D eigenvalue weighted by Crippen LogP contribution is -2.03. The van der Waals surface area contributed by atoms with Crippen LogP contribution in [0.3, 0.4) is 0 Å². The number of rotatable bonds is 2. The number of aromatic nitrogens is 3. The van der Waals surface area contributed by atoms with Gasteiger partial charge >= 0.3 is 0 Å². The fourth-order valence-electron chi connectivity index (χ4n) is 2.37. The maximum absolute atomic E-state index is 13.6. The molecule has 0 amide bonds. The molecule has 3 aromatic rings. The maximum Gasteiger partial charge on any atom is 0.281 e. The van der Waals surface area contributed by atoms with Gasteiger partial charge in [-0.2, -0.15) is 0 Å². The van der Waals surface area contributed by atoms with Crippen LogP contribution < -0.4 is 0 Å². The van der Waals surface area contributed by atoms with Crippen molar-refractivity contribution in [1.29, 1.82) is 0 Å². The van der Waals surface area contributed by atoms with Crippen LogP contribution in [0.4, 0.5) is 13.2 Å². The van der Waals surface area contributed by atoms with Crippen molar-refractivity contribution in [3.63, 3.8) is 0 Å². The van der Waals surface area contributed by atoms with Gasteiger partial charge in [-0.05, 0) is 49.2 Å². The zero-order valence-corrected chi connectivity index (χ0v) is 13.7. The number of aryl methyl sites for hydroxylation is 1. The highest BCUT2D eigenvalue weighted by Crippen LogP contribution is 2.27. The summed E-state index contributed by atoms with van der Waals surface area (Å²) in [7, 11) is 0. The molecule has 0 N–H and O–H groups in total. The van der Waals surface area contributed by atoms with Gasteiger partial charge in [0.2, 0.25) is 0 Å². The van der Waals surface area contributed by atoms with Crippen LogP contribution in [0.25, 0.3) is 5.69 Å². The molecule has 0 fully saturated rings. The molecule has 0 radical (unpaired) electrons. The van der Waals surface area contributed by atoms with Crippen LogP contribution in [-0.2, 0) is 0 Å². The van der Waals surface area contributed by atoms with E-state index in [1.165, 1.54) is 41.1 Å². The van der Waals surface area contributed by atoms with Crippen LogP contribution >= 0.6 is 11.6 Å². The summed E-state index contributed by atoms with van der Waals surface area (Å²) in [4.78, 5) is 7.97. The molecule has 0 unspecified atom stereocenters. The minimum Gasteiger partial charge on any atom is -0.294 e. The molecule has 2 heterocycles. The number of alkyl halides is 2. The third kappa shape index (κ3) is 3.67. The Morgan fingerprint density at radius 3 is 2.48 bits per heavy atom. The van der Waals surface area contributed by atoms with E-state index in [0.29, 0.717) is 17.1 Å². The smallest absolute Gasteiger partial charge is 0.281 e. The number of pyridine rings is 1. The lowest BCUT2D eigenvalue weighted by molar-refractivity contribution is 0.143.